The quantitative estimate of drug-likeness (QED) is 0.709. The van der Waals surface area contributed by atoms with Crippen molar-refractivity contribution in [3.63, 3.8) is 0 Å². The van der Waals surface area contributed by atoms with Crippen LogP contribution in [0.2, 0.25) is 5.02 Å². The third kappa shape index (κ3) is 7.35. The number of rotatable bonds is 8. The number of hydrogen-bond donors (Lipinski definition) is 2. The maximum atomic E-state index is 12.8. The van der Waals surface area contributed by atoms with E-state index in [1.165, 1.54) is 12.1 Å². The molecular weight excluding hydrogens is 343 g/mol. The summed E-state index contributed by atoms with van der Waals surface area (Å²) in [6, 6.07) is 13.5. The smallest absolute Gasteiger partial charge is 0.229 e. The molecule has 0 radical (unpaired) electrons. The second-order valence-corrected chi connectivity index (χ2v) is 6.07. The zero-order valence-corrected chi connectivity index (χ0v) is 14.5. The Hall–Kier alpha value is -2.40. The third-order valence-electron chi connectivity index (χ3n) is 3.62. The highest BCUT2D eigenvalue weighted by Gasteiger charge is 2.08. The maximum Gasteiger partial charge on any atom is 0.229 e. The average molecular weight is 363 g/mol. The largest absolute Gasteiger partial charge is 0.355 e. The van der Waals surface area contributed by atoms with Gasteiger partial charge in [0.05, 0.1) is 0 Å². The third-order valence-corrected chi connectivity index (χ3v) is 3.87. The van der Waals surface area contributed by atoms with Crippen molar-refractivity contribution in [1.82, 2.24) is 10.6 Å². The van der Waals surface area contributed by atoms with Crippen molar-refractivity contribution in [2.75, 3.05) is 13.1 Å². The maximum absolute atomic E-state index is 12.8. The molecule has 0 aliphatic rings. The monoisotopic (exact) mass is 362 g/mol. The van der Waals surface area contributed by atoms with Gasteiger partial charge in [0.2, 0.25) is 11.8 Å². The SMILES string of the molecule is O=C(CC(=O)NCCc1ccc(Cl)cc1)NCCc1ccc(F)cc1. The molecular formula is C19H20ClFN2O2. The minimum atomic E-state index is -0.328. The summed E-state index contributed by atoms with van der Waals surface area (Å²) < 4.78 is 12.8. The van der Waals surface area contributed by atoms with Gasteiger partial charge in [-0.15, -0.1) is 0 Å². The van der Waals surface area contributed by atoms with E-state index in [0.29, 0.717) is 31.0 Å². The normalized spacial score (nSPS) is 10.3. The van der Waals surface area contributed by atoms with E-state index in [9.17, 15) is 14.0 Å². The first kappa shape index (κ1) is 18.9. The van der Waals surface area contributed by atoms with Gasteiger partial charge in [0.25, 0.3) is 0 Å². The minimum absolute atomic E-state index is 0.204. The van der Waals surface area contributed by atoms with Crippen LogP contribution in [0.25, 0.3) is 0 Å². The Morgan fingerprint density at radius 2 is 1.24 bits per heavy atom. The topological polar surface area (TPSA) is 58.2 Å². The molecule has 25 heavy (non-hydrogen) atoms. The Morgan fingerprint density at radius 3 is 1.72 bits per heavy atom. The van der Waals surface area contributed by atoms with Crippen LogP contribution in [0.3, 0.4) is 0 Å². The molecule has 0 unspecified atom stereocenters. The highest BCUT2D eigenvalue weighted by molar-refractivity contribution is 6.30. The lowest BCUT2D eigenvalue weighted by atomic mass is 10.1. The minimum Gasteiger partial charge on any atom is -0.355 e. The van der Waals surface area contributed by atoms with Crippen molar-refractivity contribution in [2.24, 2.45) is 0 Å². The molecule has 0 aliphatic carbocycles. The fourth-order valence-corrected chi connectivity index (χ4v) is 2.39. The Morgan fingerprint density at radius 1 is 0.800 bits per heavy atom. The van der Waals surface area contributed by atoms with Crippen LogP contribution in [0.5, 0.6) is 0 Å². The molecule has 2 aromatic carbocycles. The molecule has 6 heteroatoms. The lowest BCUT2D eigenvalue weighted by Crippen LogP contribution is -2.33. The van der Waals surface area contributed by atoms with Gasteiger partial charge in [-0.2, -0.15) is 0 Å². The van der Waals surface area contributed by atoms with Gasteiger partial charge in [0.15, 0.2) is 0 Å². The molecule has 0 heterocycles. The molecule has 2 rings (SSSR count). The van der Waals surface area contributed by atoms with Crippen molar-refractivity contribution in [1.29, 1.82) is 0 Å². The lowest BCUT2D eigenvalue weighted by Gasteiger charge is -2.07. The van der Waals surface area contributed by atoms with Gasteiger partial charge in [-0.05, 0) is 48.2 Å². The van der Waals surface area contributed by atoms with Gasteiger partial charge in [-0.3, -0.25) is 9.59 Å². The molecule has 0 fully saturated rings. The Bertz CT molecular complexity index is 641. The second-order valence-electron chi connectivity index (χ2n) is 5.63. The van der Waals surface area contributed by atoms with E-state index in [0.717, 1.165) is 11.1 Å². The van der Waals surface area contributed by atoms with Crippen LogP contribution in [0.4, 0.5) is 4.39 Å². The number of carbonyl (C=O) groups is 2. The highest BCUT2D eigenvalue weighted by atomic mass is 35.5. The fraction of sp³-hybridized carbons (Fsp3) is 0.263. The molecule has 0 saturated carbocycles. The molecule has 2 amide bonds. The van der Waals surface area contributed by atoms with Gasteiger partial charge < -0.3 is 10.6 Å². The van der Waals surface area contributed by atoms with Crippen LogP contribution in [-0.2, 0) is 22.4 Å². The van der Waals surface area contributed by atoms with E-state index >= 15 is 0 Å². The predicted octanol–water partition coefficient (Wildman–Crippen LogP) is 2.89. The molecule has 4 nitrogen and oxygen atoms in total. The van der Waals surface area contributed by atoms with Gasteiger partial charge in [0, 0.05) is 18.1 Å². The number of benzene rings is 2. The van der Waals surface area contributed by atoms with Gasteiger partial charge in [-0.25, -0.2) is 4.39 Å². The Kier molecular flexibility index (Phi) is 7.41. The van der Waals surface area contributed by atoms with Crippen molar-refractivity contribution >= 4 is 23.4 Å². The molecule has 0 aromatic heterocycles. The van der Waals surface area contributed by atoms with Crippen molar-refractivity contribution in [3.8, 4) is 0 Å². The molecule has 132 valence electrons. The molecule has 2 N–H and O–H groups in total. The predicted molar refractivity (Wildman–Crippen MR) is 95.9 cm³/mol. The summed E-state index contributed by atoms with van der Waals surface area (Å²) in [5.41, 5.74) is 1.99. The van der Waals surface area contributed by atoms with E-state index in [4.69, 9.17) is 11.6 Å². The fourth-order valence-electron chi connectivity index (χ4n) is 2.27. The summed E-state index contributed by atoms with van der Waals surface area (Å²) >= 11 is 5.81. The molecule has 2 aromatic rings. The van der Waals surface area contributed by atoms with Crippen LogP contribution in [0.1, 0.15) is 17.5 Å². The van der Waals surface area contributed by atoms with Crippen LogP contribution >= 0.6 is 11.6 Å². The summed E-state index contributed by atoms with van der Waals surface area (Å²) in [6.45, 7) is 0.867. The average Bonchev–Trinajstić information content (AvgIpc) is 2.58. The van der Waals surface area contributed by atoms with Crippen LogP contribution in [-0.4, -0.2) is 24.9 Å². The zero-order valence-electron chi connectivity index (χ0n) is 13.7. The standard InChI is InChI=1S/C19H20ClFN2O2/c20-16-5-1-14(2-6-16)9-11-22-18(24)13-19(25)23-12-10-15-3-7-17(21)8-4-15/h1-8H,9-13H2,(H,22,24)(H,23,25). The van der Waals surface area contributed by atoms with Crippen LogP contribution < -0.4 is 10.6 Å². The van der Waals surface area contributed by atoms with E-state index in [-0.39, 0.29) is 24.1 Å². The Labute approximate surface area is 151 Å². The summed E-state index contributed by atoms with van der Waals surface area (Å²) in [5, 5.41) is 6.07. The van der Waals surface area contributed by atoms with Crippen LogP contribution in [0.15, 0.2) is 48.5 Å². The first-order chi connectivity index (χ1) is 12.0. The lowest BCUT2D eigenvalue weighted by molar-refractivity contribution is -0.129. The van der Waals surface area contributed by atoms with Crippen molar-refractivity contribution in [3.05, 3.63) is 70.5 Å². The molecule has 0 bridgehead atoms. The van der Waals surface area contributed by atoms with Gasteiger partial charge in [0.1, 0.15) is 12.2 Å². The number of hydrogen-bond acceptors (Lipinski definition) is 2. The zero-order chi connectivity index (χ0) is 18.1. The number of amides is 2. The summed E-state index contributed by atoms with van der Waals surface area (Å²) in [4.78, 5) is 23.5. The van der Waals surface area contributed by atoms with Crippen molar-refractivity contribution < 1.29 is 14.0 Å². The van der Waals surface area contributed by atoms with Gasteiger partial charge in [-0.1, -0.05) is 35.9 Å². The number of nitrogens with one attached hydrogen (secondary N) is 2. The second kappa shape index (κ2) is 9.79. The Balaban J connectivity index is 1.60. The first-order valence-corrected chi connectivity index (χ1v) is 8.43. The van der Waals surface area contributed by atoms with Crippen molar-refractivity contribution in [2.45, 2.75) is 19.3 Å². The first-order valence-electron chi connectivity index (χ1n) is 8.05. The van der Waals surface area contributed by atoms with Crippen LogP contribution in [0, 0.1) is 5.82 Å². The summed E-state index contributed by atoms with van der Waals surface area (Å²) in [6.07, 6.45) is 1.06. The van der Waals surface area contributed by atoms with E-state index in [1.54, 1.807) is 24.3 Å². The molecule has 0 aliphatic heterocycles. The van der Waals surface area contributed by atoms with E-state index in [2.05, 4.69) is 10.6 Å². The number of carbonyl (C=O) groups excluding carboxylic acids is 2. The molecule has 0 saturated heterocycles. The number of halogens is 2. The highest BCUT2D eigenvalue weighted by Crippen LogP contribution is 2.09. The van der Waals surface area contributed by atoms with Gasteiger partial charge >= 0.3 is 0 Å². The summed E-state index contributed by atoms with van der Waals surface area (Å²) in [7, 11) is 0. The van der Waals surface area contributed by atoms with E-state index in [1.807, 2.05) is 12.1 Å². The summed E-state index contributed by atoms with van der Waals surface area (Å²) in [5.74, 6) is -0.928. The molecule has 0 atom stereocenters. The van der Waals surface area contributed by atoms with E-state index < -0.39 is 0 Å². The molecule has 0 spiro atoms.